The third kappa shape index (κ3) is 2.52. The largest absolute Gasteiger partial charge is 0.508 e. The Hall–Kier alpha value is -3.21. The van der Waals surface area contributed by atoms with Gasteiger partial charge in [-0.1, -0.05) is 12.1 Å². The summed E-state index contributed by atoms with van der Waals surface area (Å²) in [5.74, 6) is -7.79. The molecule has 10 heteroatoms. The van der Waals surface area contributed by atoms with Crippen molar-refractivity contribution in [3.05, 3.63) is 46.2 Å². The Morgan fingerprint density at radius 2 is 1.84 bits per heavy atom. The van der Waals surface area contributed by atoms with Gasteiger partial charge in [0.2, 0.25) is 5.78 Å². The van der Waals surface area contributed by atoms with Crippen molar-refractivity contribution in [2.24, 2.45) is 17.6 Å². The number of phenolic OH excluding ortho intramolecular Hbond substituents is 1. The number of amides is 1. The van der Waals surface area contributed by atoms with Gasteiger partial charge in [0.05, 0.1) is 17.7 Å². The number of primary amides is 1. The predicted octanol–water partition coefficient (Wildman–Crippen LogP) is -0.545. The third-order valence-corrected chi connectivity index (χ3v) is 6.57. The molecule has 164 valence electrons. The molecule has 10 nitrogen and oxygen atoms in total. The van der Waals surface area contributed by atoms with Gasteiger partial charge in [-0.05, 0) is 32.1 Å². The number of ketones is 2. The molecule has 1 amide bonds. The first kappa shape index (κ1) is 21.0. The fourth-order valence-corrected chi connectivity index (χ4v) is 5.20. The van der Waals surface area contributed by atoms with Gasteiger partial charge in [0, 0.05) is 17.4 Å². The molecule has 0 radical (unpaired) electrons. The number of benzene rings is 1. The van der Waals surface area contributed by atoms with E-state index >= 15 is 0 Å². The second-order valence-corrected chi connectivity index (χ2v) is 8.35. The Balaban J connectivity index is 2.01. The first-order valence-electron chi connectivity index (χ1n) is 9.59. The van der Waals surface area contributed by atoms with E-state index in [4.69, 9.17) is 5.73 Å². The van der Waals surface area contributed by atoms with E-state index in [1.54, 1.807) is 0 Å². The van der Waals surface area contributed by atoms with Crippen molar-refractivity contribution in [3.63, 3.8) is 0 Å². The minimum atomic E-state index is -2.73. The van der Waals surface area contributed by atoms with Crippen LogP contribution in [0.4, 0.5) is 0 Å². The van der Waals surface area contributed by atoms with Gasteiger partial charge in [0.1, 0.15) is 22.8 Å². The molecule has 0 aliphatic heterocycles. The summed E-state index contributed by atoms with van der Waals surface area (Å²) >= 11 is 0. The summed E-state index contributed by atoms with van der Waals surface area (Å²) in [6.07, 6.45) is -1.51. The quantitative estimate of drug-likeness (QED) is 0.336. The Kier molecular flexibility index (Phi) is 4.51. The van der Waals surface area contributed by atoms with Crippen LogP contribution in [-0.4, -0.2) is 73.6 Å². The molecule has 1 fully saturated rings. The number of carbonyl (C=O) groups excluding carboxylic acids is 3. The van der Waals surface area contributed by atoms with Crippen molar-refractivity contribution in [3.8, 4) is 5.75 Å². The van der Waals surface area contributed by atoms with Crippen LogP contribution in [0.3, 0.4) is 0 Å². The number of carbonyl (C=O) groups is 3. The van der Waals surface area contributed by atoms with E-state index in [-0.39, 0.29) is 23.3 Å². The van der Waals surface area contributed by atoms with E-state index in [9.17, 15) is 39.9 Å². The summed E-state index contributed by atoms with van der Waals surface area (Å²) in [7, 11) is 3.00. The lowest BCUT2D eigenvalue weighted by Gasteiger charge is -2.51. The number of aliphatic hydroxyl groups is 4. The van der Waals surface area contributed by atoms with E-state index in [2.05, 4.69) is 0 Å². The Labute approximate surface area is 176 Å². The smallest absolute Gasteiger partial charge is 0.255 e. The first-order valence-corrected chi connectivity index (χ1v) is 9.59. The molecule has 1 aromatic carbocycles. The number of rotatable bonds is 2. The number of aromatic hydroxyl groups is 1. The van der Waals surface area contributed by atoms with Crippen molar-refractivity contribution >= 4 is 23.2 Å². The standard InChI is InChI=1S/C21H22N2O8/c1-23(2)14-9-6-8-12(16(26)11-7(15(8)25)4-3-5-10(11)24)18(28)21(9,31)19(29)13(17(14)27)20(22)30/h3-5,8-9,14-15,24-26,29,31H,6H2,1-2H3,(H2,22,30). The maximum Gasteiger partial charge on any atom is 0.255 e. The highest BCUT2D eigenvalue weighted by atomic mass is 16.3. The number of Topliss-reactive ketones (excluding diaryl/α,β-unsaturated/α-hetero) is 2. The molecule has 0 spiro atoms. The molecule has 3 aliphatic carbocycles. The maximum atomic E-state index is 13.5. The number of aliphatic hydroxyl groups excluding tert-OH is 3. The lowest BCUT2D eigenvalue weighted by atomic mass is 9.57. The molecule has 4 rings (SSSR count). The second kappa shape index (κ2) is 6.64. The molecular formula is C21H22N2O8. The minimum Gasteiger partial charge on any atom is -0.508 e. The number of phenols is 1. The molecule has 3 aliphatic rings. The zero-order valence-corrected chi connectivity index (χ0v) is 16.7. The average molecular weight is 430 g/mol. The van der Waals surface area contributed by atoms with Gasteiger partial charge >= 0.3 is 0 Å². The van der Waals surface area contributed by atoms with Gasteiger partial charge in [0.15, 0.2) is 11.4 Å². The summed E-state index contributed by atoms with van der Waals surface area (Å²) in [4.78, 5) is 39.7. The highest BCUT2D eigenvalue weighted by molar-refractivity contribution is 6.24. The molecule has 0 heterocycles. The second-order valence-electron chi connectivity index (χ2n) is 8.35. The van der Waals surface area contributed by atoms with E-state index in [1.165, 1.54) is 37.2 Å². The van der Waals surface area contributed by atoms with Crippen LogP contribution in [0.5, 0.6) is 5.75 Å². The predicted molar refractivity (Wildman–Crippen MR) is 106 cm³/mol. The van der Waals surface area contributed by atoms with Gasteiger partial charge in [0.25, 0.3) is 5.91 Å². The molecule has 1 aromatic rings. The molecule has 31 heavy (non-hydrogen) atoms. The van der Waals surface area contributed by atoms with Gasteiger partial charge < -0.3 is 31.3 Å². The Bertz CT molecular complexity index is 1100. The number of likely N-dealkylation sites (N-methyl/N-ethyl adjacent to an activating group) is 1. The highest BCUT2D eigenvalue weighted by Crippen LogP contribution is 2.55. The van der Waals surface area contributed by atoms with E-state index < -0.39 is 69.7 Å². The molecule has 0 saturated heterocycles. The monoisotopic (exact) mass is 430 g/mol. The van der Waals surface area contributed by atoms with Crippen molar-refractivity contribution in [2.75, 3.05) is 14.1 Å². The zero-order valence-electron chi connectivity index (χ0n) is 16.7. The number of hydrogen-bond donors (Lipinski definition) is 6. The fourth-order valence-electron chi connectivity index (χ4n) is 5.20. The molecule has 7 N–H and O–H groups in total. The molecule has 0 bridgehead atoms. The lowest BCUT2D eigenvalue weighted by molar-refractivity contribution is -0.155. The number of nitrogens with two attached hydrogens (primary N) is 1. The van der Waals surface area contributed by atoms with Crippen LogP contribution in [0.25, 0.3) is 5.76 Å². The third-order valence-electron chi connectivity index (χ3n) is 6.57. The summed E-state index contributed by atoms with van der Waals surface area (Å²) in [6, 6.07) is 3.01. The van der Waals surface area contributed by atoms with Crippen molar-refractivity contribution < 1.29 is 39.9 Å². The van der Waals surface area contributed by atoms with Crippen LogP contribution in [0.15, 0.2) is 35.1 Å². The zero-order chi connectivity index (χ0) is 23.0. The topological polar surface area (TPSA) is 182 Å². The summed E-state index contributed by atoms with van der Waals surface area (Å²) < 4.78 is 0. The number of nitrogens with zero attached hydrogens (tertiary/aromatic N) is 1. The molecule has 0 aromatic heterocycles. The summed E-state index contributed by atoms with van der Waals surface area (Å²) in [5, 5.41) is 54.1. The van der Waals surface area contributed by atoms with Crippen LogP contribution in [0, 0.1) is 11.8 Å². The molecule has 5 atom stereocenters. The van der Waals surface area contributed by atoms with E-state index in [0.717, 1.165) is 0 Å². The van der Waals surface area contributed by atoms with Gasteiger partial charge in [-0.2, -0.15) is 0 Å². The first-order chi connectivity index (χ1) is 14.4. The van der Waals surface area contributed by atoms with Crippen LogP contribution in [0.1, 0.15) is 23.7 Å². The SMILES string of the molecule is CN(C)C1C(=O)C(C(N)=O)=C(O)C2(O)C(=O)C3=C(O)c4c(O)cccc4C(O)C3CC12. The van der Waals surface area contributed by atoms with Crippen LogP contribution in [0.2, 0.25) is 0 Å². The minimum absolute atomic E-state index is 0.161. The number of hydrogen-bond acceptors (Lipinski definition) is 9. The molecule has 1 saturated carbocycles. The Morgan fingerprint density at radius 1 is 1.19 bits per heavy atom. The van der Waals surface area contributed by atoms with Crippen molar-refractivity contribution in [1.29, 1.82) is 0 Å². The van der Waals surface area contributed by atoms with E-state index in [1.807, 2.05) is 0 Å². The van der Waals surface area contributed by atoms with Crippen molar-refractivity contribution in [2.45, 2.75) is 24.2 Å². The maximum absolute atomic E-state index is 13.5. The normalized spacial score (nSPS) is 32.7. The average Bonchev–Trinajstić information content (AvgIpc) is 2.68. The molecule has 5 unspecified atom stereocenters. The van der Waals surface area contributed by atoms with Crippen LogP contribution >= 0.6 is 0 Å². The summed E-state index contributed by atoms with van der Waals surface area (Å²) in [5.41, 5.74) is 1.26. The lowest BCUT2D eigenvalue weighted by Crippen LogP contribution is -2.66. The van der Waals surface area contributed by atoms with Gasteiger partial charge in [-0.3, -0.25) is 19.3 Å². The van der Waals surface area contributed by atoms with Crippen molar-refractivity contribution in [1.82, 2.24) is 4.90 Å². The fraction of sp³-hybridized carbons (Fsp3) is 0.381. The Morgan fingerprint density at radius 3 is 2.42 bits per heavy atom. The van der Waals surface area contributed by atoms with Gasteiger partial charge in [-0.15, -0.1) is 0 Å². The van der Waals surface area contributed by atoms with Crippen LogP contribution in [-0.2, 0) is 14.4 Å². The van der Waals surface area contributed by atoms with E-state index in [0.29, 0.717) is 0 Å². The van der Waals surface area contributed by atoms with Gasteiger partial charge in [-0.25, -0.2) is 0 Å². The summed E-state index contributed by atoms with van der Waals surface area (Å²) in [6.45, 7) is 0. The number of fused-ring (bicyclic) bond motifs is 3. The molecular weight excluding hydrogens is 408 g/mol. The highest BCUT2D eigenvalue weighted by Gasteiger charge is 2.65. The van der Waals surface area contributed by atoms with Crippen LogP contribution < -0.4 is 5.73 Å².